The molecule has 0 radical (unpaired) electrons. The lowest BCUT2D eigenvalue weighted by Crippen LogP contribution is -2.64. The fourth-order valence-corrected chi connectivity index (χ4v) is 1.67. The molecular weight excluding hydrogens is 218 g/mol. The van der Waals surface area contributed by atoms with E-state index in [0.29, 0.717) is 0 Å². The number of methoxy groups -OCH3 is 1. The first kappa shape index (κ1) is 13.3. The minimum absolute atomic E-state index is 0.371. The van der Waals surface area contributed by atoms with Crippen LogP contribution in [0.25, 0.3) is 0 Å². The third kappa shape index (κ3) is 2.69. The highest BCUT2D eigenvalue weighted by atomic mass is 16.7. The highest BCUT2D eigenvalue weighted by molar-refractivity contribution is 5.73. The van der Waals surface area contributed by atoms with Crippen LogP contribution in [-0.2, 0) is 14.3 Å². The number of aliphatic hydroxyl groups excluding tert-OH is 3. The Bertz CT molecular complexity index is 246. The third-order valence-corrected chi connectivity index (χ3v) is 2.48. The Morgan fingerprint density at radius 1 is 1.44 bits per heavy atom. The van der Waals surface area contributed by atoms with E-state index in [1.165, 1.54) is 14.0 Å². The summed E-state index contributed by atoms with van der Waals surface area (Å²) in [5, 5.41) is 30.7. The van der Waals surface area contributed by atoms with Crippen LogP contribution >= 0.6 is 0 Å². The van der Waals surface area contributed by atoms with Crippen LogP contribution in [0, 0.1) is 0 Å². The zero-order valence-electron chi connectivity index (χ0n) is 9.16. The van der Waals surface area contributed by atoms with Crippen LogP contribution < -0.4 is 5.32 Å². The van der Waals surface area contributed by atoms with E-state index in [4.69, 9.17) is 14.6 Å². The summed E-state index contributed by atoms with van der Waals surface area (Å²) >= 11 is 0. The highest BCUT2D eigenvalue weighted by Crippen LogP contribution is 2.21. The van der Waals surface area contributed by atoms with E-state index in [1.54, 1.807) is 0 Å². The van der Waals surface area contributed by atoms with E-state index in [-0.39, 0.29) is 5.91 Å². The first-order valence-electron chi connectivity index (χ1n) is 4.93. The minimum atomic E-state index is -1.27. The van der Waals surface area contributed by atoms with E-state index in [1.807, 2.05) is 0 Å². The molecule has 5 atom stereocenters. The smallest absolute Gasteiger partial charge is 0.217 e. The average Bonchev–Trinajstić information content (AvgIpc) is 2.25. The molecule has 0 aliphatic carbocycles. The molecule has 0 aromatic carbocycles. The van der Waals surface area contributed by atoms with Crippen molar-refractivity contribution in [1.29, 1.82) is 0 Å². The van der Waals surface area contributed by atoms with Gasteiger partial charge in [-0.15, -0.1) is 0 Å². The second kappa shape index (κ2) is 5.55. The molecule has 1 aliphatic rings. The molecule has 0 spiro atoms. The van der Waals surface area contributed by atoms with Gasteiger partial charge >= 0.3 is 0 Å². The van der Waals surface area contributed by atoms with Gasteiger partial charge in [0.2, 0.25) is 5.91 Å². The predicted molar refractivity (Wildman–Crippen MR) is 52.4 cm³/mol. The number of nitrogens with one attached hydrogen (secondary N) is 1. The summed E-state index contributed by atoms with van der Waals surface area (Å²) in [5.74, 6) is -0.371. The Morgan fingerprint density at radius 3 is 2.50 bits per heavy atom. The van der Waals surface area contributed by atoms with Gasteiger partial charge in [-0.25, -0.2) is 0 Å². The molecule has 1 aliphatic heterocycles. The Balaban J connectivity index is 2.77. The maximum absolute atomic E-state index is 10.9. The zero-order valence-corrected chi connectivity index (χ0v) is 9.16. The van der Waals surface area contributed by atoms with Crippen molar-refractivity contribution in [3.05, 3.63) is 0 Å². The number of aliphatic hydroxyl groups is 3. The van der Waals surface area contributed by atoms with Crippen molar-refractivity contribution < 1.29 is 29.6 Å². The van der Waals surface area contributed by atoms with E-state index < -0.39 is 37.3 Å². The SMILES string of the molecule is COC1OC(CO)[C@H](O)C(O)[C@@H]1NC(C)=O. The molecule has 4 N–H and O–H groups in total. The summed E-state index contributed by atoms with van der Waals surface area (Å²) in [6.45, 7) is 0.842. The van der Waals surface area contributed by atoms with Crippen LogP contribution in [0.2, 0.25) is 0 Å². The number of carbonyl (C=O) groups is 1. The van der Waals surface area contributed by atoms with Crippen LogP contribution in [0.5, 0.6) is 0 Å². The summed E-state index contributed by atoms with van der Waals surface area (Å²) in [6.07, 6.45) is -4.35. The maximum Gasteiger partial charge on any atom is 0.217 e. The molecule has 7 heteroatoms. The normalized spacial score (nSPS) is 39.4. The second-order valence-corrected chi connectivity index (χ2v) is 3.67. The van der Waals surface area contributed by atoms with Crippen molar-refractivity contribution in [2.75, 3.05) is 13.7 Å². The maximum atomic E-state index is 10.9. The van der Waals surface area contributed by atoms with E-state index >= 15 is 0 Å². The summed E-state index contributed by atoms with van der Waals surface area (Å²) < 4.78 is 10.1. The number of rotatable bonds is 3. The van der Waals surface area contributed by atoms with Gasteiger partial charge in [-0.1, -0.05) is 0 Å². The number of carbonyl (C=O) groups excluding carboxylic acids is 1. The number of hydrogen-bond donors (Lipinski definition) is 4. The van der Waals surface area contributed by atoms with Crippen molar-refractivity contribution >= 4 is 5.91 Å². The average molecular weight is 235 g/mol. The van der Waals surface area contributed by atoms with Gasteiger partial charge in [0.05, 0.1) is 6.61 Å². The largest absolute Gasteiger partial charge is 0.394 e. The van der Waals surface area contributed by atoms with Crippen molar-refractivity contribution in [2.24, 2.45) is 0 Å². The fourth-order valence-electron chi connectivity index (χ4n) is 1.67. The number of amides is 1. The predicted octanol–water partition coefficient (Wildman–Crippen LogP) is -2.42. The van der Waals surface area contributed by atoms with E-state index in [9.17, 15) is 15.0 Å². The molecule has 1 heterocycles. The molecule has 1 rings (SSSR count). The summed E-state index contributed by atoms with van der Waals surface area (Å²) in [4.78, 5) is 10.9. The molecule has 3 unspecified atom stereocenters. The molecule has 1 amide bonds. The Morgan fingerprint density at radius 2 is 2.06 bits per heavy atom. The van der Waals surface area contributed by atoms with Crippen molar-refractivity contribution in [1.82, 2.24) is 5.32 Å². The van der Waals surface area contributed by atoms with Gasteiger partial charge in [0.1, 0.15) is 24.4 Å². The van der Waals surface area contributed by atoms with Gasteiger partial charge in [0.15, 0.2) is 6.29 Å². The first-order valence-corrected chi connectivity index (χ1v) is 4.93. The fraction of sp³-hybridized carbons (Fsp3) is 0.889. The van der Waals surface area contributed by atoms with Crippen molar-refractivity contribution in [3.8, 4) is 0 Å². The third-order valence-electron chi connectivity index (χ3n) is 2.48. The Kier molecular flexibility index (Phi) is 4.63. The van der Waals surface area contributed by atoms with Crippen LogP contribution in [0.15, 0.2) is 0 Å². The second-order valence-electron chi connectivity index (χ2n) is 3.67. The summed E-state index contributed by atoms with van der Waals surface area (Å²) in [5.41, 5.74) is 0. The van der Waals surface area contributed by atoms with Gasteiger partial charge in [-0.3, -0.25) is 4.79 Å². The topological polar surface area (TPSA) is 108 Å². The van der Waals surface area contributed by atoms with Crippen molar-refractivity contribution in [3.63, 3.8) is 0 Å². The van der Waals surface area contributed by atoms with Crippen LogP contribution in [0.1, 0.15) is 6.92 Å². The lowest BCUT2D eigenvalue weighted by Gasteiger charge is -2.41. The van der Waals surface area contributed by atoms with Crippen LogP contribution in [0.4, 0.5) is 0 Å². The minimum Gasteiger partial charge on any atom is -0.394 e. The molecule has 7 nitrogen and oxygen atoms in total. The standard InChI is InChI=1S/C9H17NO6/c1-4(12)10-6-8(14)7(13)5(3-11)16-9(6)15-2/h5-9,11,13-14H,3H2,1-2H3,(H,10,12)/t5?,6-,7-,8?,9?/m0/s1. The Hall–Kier alpha value is -0.730. The number of hydrogen-bond acceptors (Lipinski definition) is 6. The molecule has 0 aromatic heterocycles. The lowest BCUT2D eigenvalue weighted by molar-refractivity contribution is -0.262. The molecule has 1 fully saturated rings. The summed E-state index contributed by atoms with van der Waals surface area (Å²) in [7, 11) is 1.35. The Labute approximate surface area is 93.0 Å². The highest BCUT2D eigenvalue weighted by Gasteiger charge is 2.44. The van der Waals surface area contributed by atoms with Gasteiger partial charge in [0.25, 0.3) is 0 Å². The lowest BCUT2D eigenvalue weighted by atomic mass is 9.97. The molecular formula is C9H17NO6. The molecule has 94 valence electrons. The van der Waals surface area contributed by atoms with Gasteiger partial charge in [-0.2, -0.15) is 0 Å². The quantitative estimate of drug-likeness (QED) is 0.433. The molecule has 0 aromatic rings. The number of ether oxygens (including phenoxy) is 2. The van der Waals surface area contributed by atoms with Gasteiger partial charge in [-0.05, 0) is 0 Å². The van der Waals surface area contributed by atoms with E-state index in [0.717, 1.165) is 0 Å². The van der Waals surface area contributed by atoms with Gasteiger partial charge in [0, 0.05) is 14.0 Å². The zero-order chi connectivity index (χ0) is 12.3. The van der Waals surface area contributed by atoms with E-state index in [2.05, 4.69) is 5.32 Å². The molecule has 16 heavy (non-hydrogen) atoms. The monoisotopic (exact) mass is 235 g/mol. The van der Waals surface area contributed by atoms with Gasteiger partial charge < -0.3 is 30.1 Å². The molecule has 0 saturated carbocycles. The molecule has 0 bridgehead atoms. The van der Waals surface area contributed by atoms with Crippen molar-refractivity contribution in [2.45, 2.75) is 37.6 Å². The van der Waals surface area contributed by atoms with Crippen LogP contribution in [0.3, 0.4) is 0 Å². The first-order chi connectivity index (χ1) is 7.51. The van der Waals surface area contributed by atoms with Crippen LogP contribution in [-0.4, -0.2) is 65.6 Å². The molecule has 1 saturated heterocycles. The summed E-state index contributed by atoms with van der Waals surface area (Å²) in [6, 6.07) is -0.861.